The molecule has 2 aromatic rings. The normalized spacial score (nSPS) is 14.7. The fourth-order valence-electron chi connectivity index (χ4n) is 2.13. The summed E-state index contributed by atoms with van der Waals surface area (Å²) in [5.41, 5.74) is 4.07. The molecule has 1 aliphatic rings. The number of hydrogen-bond donors (Lipinski definition) is 2. The minimum Gasteiger partial charge on any atom is -0.357 e. The second kappa shape index (κ2) is 4.16. The topological polar surface area (TPSA) is 27.8 Å². The summed E-state index contributed by atoms with van der Waals surface area (Å²) in [7, 11) is 0. The molecule has 1 aromatic carbocycles. The second-order valence-corrected chi connectivity index (χ2v) is 4.53. The summed E-state index contributed by atoms with van der Waals surface area (Å²) in [5, 5.41) is 4.75. The van der Waals surface area contributed by atoms with Crippen LogP contribution in [0.15, 0.2) is 22.7 Å². The van der Waals surface area contributed by atoms with Crippen molar-refractivity contribution in [1.29, 1.82) is 0 Å². The standard InChI is InChI=1S/C11H11BrN2.ClH/c12-9-3-1-2-7-8-6-13-5-4-10(8)14-11(7)9;/h1-3,13-14H,4-6H2;1H. The molecule has 4 heteroatoms. The Morgan fingerprint density at radius 2 is 2.13 bits per heavy atom. The number of fused-ring (bicyclic) bond motifs is 3. The first-order valence-electron chi connectivity index (χ1n) is 4.85. The van der Waals surface area contributed by atoms with Crippen molar-refractivity contribution in [3.8, 4) is 0 Å². The molecule has 0 fully saturated rings. The zero-order valence-electron chi connectivity index (χ0n) is 8.14. The van der Waals surface area contributed by atoms with E-state index in [1.807, 2.05) is 0 Å². The average Bonchev–Trinajstić information content (AvgIpc) is 2.59. The number of benzene rings is 1. The maximum atomic E-state index is 3.57. The summed E-state index contributed by atoms with van der Waals surface area (Å²) >= 11 is 3.57. The van der Waals surface area contributed by atoms with Crippen LogP contribution in [0, 0.1) is 0 Å². The molecule has 0 aliphatic carbocycles. The number of para-hydroxylation sites is 1. The molecule has 0 unspecified atom stereocenters. The first-order chi connectivity index (χ1) is 6.86. The van der Waals surface area contributed by atoms with Crippen LogP contribution in [0.2, 0.25) is 0 Å². The molecule has 2 heterocycles. The lowest BCUT2D eigenvalue weighted by atomic mass is 10.1. The van der Waals surface area contributed by atoms with Crippen molar-refractivity contribution in [2.24, 2.45) is 0 Å². The second-order valence-electron chi connectivity index (χ2n) is 3.67. The lowest BCUT2D eigenvalue weighted by Crippen LogP contribution is -2.22. The van der Waals surface area contributed by atoms with E-state index in [1.165, 1.54) is 22.2 Å². The van der Waals surface area contributed by atoms with E-state index in [4.69, 9.17) is 0 Å². The van der Waals surface area contributed by atoms with E-state index in [0.717, 1.165) is 24.0 Å². The Labute approximate surface area is 103 Å². The van der Waals surface area contributed by atoms with E-state index in [9.17, 15) is 0 Å². The van der Waals surface area contributed by atoms with Gasteiger partial charge in [-0.05, 0) is 27.6 Å². The van der Waals surface area contributed by atoms with Crippen molar-refractivity contribution in [2.45, 2.75) is 13.0 Å². The maximum Gasteiger partial charge on any atom is 0.0603 e. The van der Waals surface area contributed by atoms with Crippen LogP contribution < -0.4 is 5.32 Å². The smallest absolute Gasteiger partial charge is 0.0603 e. The van der Waals surface area contributed by atoms with Gasteiger partial charge < -0.3 is 10.3 Å². The fourth-order valence-corrected chi connectivity index (χ4v) is 2.60. The fraction of sp³-hybridized carbons (Fsp3) is 0.273. The summed E-state index contributed by atoms with van der Waals surface area (Å²) in [4.78, 5) is 3.50. The number of aromatic amines is 1. The van der Waals surface area contributed by atoms with Crippen molar-refractivity contribution >= 4 is 39.2 Å². The lowest BCUT2D eigenvalue weighted by molar-refractivity contribution is 0.641. The molecule has 0 atom stereocenters. The Hall–Kier alpha value is -0.510. The molecule has 0 amide bonds. The molecule has 0 bridgehead atoms. The molecular weight excluding hydrogens is 275 g/mol. The van der Waals surface area contributed by atoms with Gasteiger partial charge in [-0.3, -0.25) is 0 Å². The van der Waals surface area contributed by atoms with Crippen molar-refractivity contribution in [1.82, 2.24) is 10.3 Å². The third-order valence-corrected chi connectivity index (χ3v) is 3.49. The first kappa shape index (κ1) is 11.0. The Morgan fingerprint density at radius 1 is 1.27 bits per heavy atom. The van der Waals surface area contributed by atoms with Crippen LogP contribution >= 0.6 is 28.3 Å². The summed E-state index contributed by atoms with van der Waals surface area (Å²) in [6.07, 6.45) is 1.11. The molecule has 0 radical (unpaired) electrons. The Kier molecular flexibility index (Phi) is 3.05. The molecule has 80 valence electrons. The van der Waals surface area contributed by atoms with Gasteiger partial charge in [-0.25, -0.2) is 0 Å². The molecule has 15 heavy (non-hydrogen) atoms. The van der Waals surface area contributed by atoms with Gasteiger partial charge >= 0.3 is 0 Å². The number of H-pyrrole nitrogens is 1. The van der Waals surface area contributed by atoms with Crippen molar-refractivity contribution < 1.29 is 0 Å². The van der Waals surface area contributed by atoms with Gasteiger partial charge in [-0.15, -0.1) is 12.4 Å². The van der Waals surface area contributed by atoms with Gasteiger partial charge in [0.25, 0.3) is 0 Å². The Balaban J connectivity index is 0.000000853. The first-order valence-corrected chi connectivity index (χ1v) is 5.64. The monoisotopic (exact) mass is 286 g/mol. The molecule has 0 spiro atoms. The molecule has 2 nitrogen and oxygen atoms in total. The molecule has 2 N–H and O–H groups in total. The van der Waals surface area contributed by atoms with Crippen LogP contribution in [0.5, 0.6) is 0 Å². The van der Waals surface area contributed by atoms with Gasteiger partial charge in [0.05, 0.1) is 5.52 Å². The predicted molar refractivity (Wildman–Crippen MR) is 68.7 cm³/mol. The molecule has 3 rings (SSSR count). The van der Waals surface area contributed by atoms with E-state index in [2.05, 4.69) is 44.4 Å². The maximum absolute atomic E-state index is 3.57. The molecule has 0 saturated heterocycles. The van der Waals surface area contributed by atoms with Gasteiger partial charge in [0.15, 0.2) is 0 Å². The van der Waals surface area contributed by atoms with Gasteiger partial charge in [-0.1, -0.05) is 12.1 Å². The van der Waals surface area contributed by atoms with Crippen molar-refractivity contribution in [3.63, 3.8) is 0 Å². The van der Waals surface area contributed by atoms with Gasteiger partial charge in [-0.2, -0.15) is 0 Å². The van der Waals surface area contributed by atoms with Gasteiger partial charge in [0, 0.05) is 35.1 Å². The SMILES string of the molecule is Brc1cccc2c3c([nH]c12)CCNC3.Cl. The summed E-state index contributed by atoms with van der Waals surface area (Å²) in [6.45, 7) is 2.07. The van der Waals surface area contributed by atoms with Crippen LogP contribution in [0.3, 0.4) is 0 Å². The number of nitrogens with one attached hydrogen (secondary N) is 2. The van der Waals surface area contributed by atoms with Gasteiger partial charge in [0.2, 0.25) is 0 Å². The number of rotatable bonds is 0. The minimum atomic E-state index is 0. The summed E-state index contributed by atoms with van der Waals surface area (Å²) in [5.74, 6) is 0. The zero-order valence-corrected chi connectivity index (χ0v) is 10.5. The molecule has 0 saturated carbocycles. The Morgan fingerprint density at radius 3 is 3.00 bits per heavy atom. The van der Waals surface area contributed by atoms with Crippen LogP contribution in [0.25, 0.3) is 10.9 Å². The van der Waals surface area contributed by atoms with E-state index in [-0.39, 0.29) is 12.4 Å². The van der Waals surface area contributed by atoms with Crippen LogP contribution in [0.1, 0.15) is 11.3 Å². The van der Waals surface area contributed by atoms with Crippen LogP contribution in [-0.4, -0.2) is 11.5 Å². The van der Waals surface area contributed by atoms with Crippen LogP contribution in [0.4, 0.5) is 0 Å². The lowest BCUT2D eigenvalue weighted by Gasteiger charge is -2.12. The highest BCUT2D eigenvalue weighted by Gasteiger charge is 2.15. The highest BCUT2D eigenvalue weighted by atomic mass is 79.9. The number of hydrogen-bond acceptors (Lipinski definition) is 1. The van der Waals surface area contributed by atoms with Gasteiger partial charge in [0.1, 0.15) is 0 Å². The average molecular weight is 288 g/mol. The zero-order chi connectivity index (χ0) is 9.54. The summed E-state index contributed by atoms with van der Waals surface area (Å²) in [6, 6.07) is 6.36. The third kappa shape index (κ3) is 1.69. The minimum absolute atomic E-state index is 0. The van der Waals surface area contributed by atoms with E-state index in [1.54, 1.807) is 0 Å². The molecule has 1 aliphatic heterocycles. The van der Waals surface area contributed by atoms with E-state index < -0.39 is 0 Å². The predicted octanol–water partition coefficient (Wildman–Crippen LogP) is 3.00. The third-order valence-electron chi connectivity index (χ3n) is 2.83. The van der Waals surface area contributed by atoms with Crippen LogP contribution in [-0.2, 0) is 13.0 Å². The number of aromatic nitrogens is 1. The molecular formula is C11H12BrClN2. The van der Waals surface area contributed by atoms with Crippen molar-refractivity contribution in [2.75, 3.05) is 6.54 Å². The largest absolute Gasteiger partial charge is 0.357 e. The van der Waals surface area contributed by atoms with Crippen molar-refractivity contribution in [3.05, 3.63) is 33.9 Å². The molecule has 1 aromatic heterocycles. The van der Waals surface area contributed by atoms with E-state index in [0.29, 0.717) is 0 Å². The highest BCUT2D eigenvalue weighted by Crippen LogP contribution is 2.29. The number of halogens is 2. The summed E-state index contributed by atoms with van der Waals surface area (Å²) < 4.78 is 1.16. The highest BCUT2D eigenvalue weighted by molar-refractivity contribution is 9.10. The Bertz CT molecular complexity index is 493. The quantitative estimate of drug-likeness (QED) is 0.766. The van der Waals surface area contributed by atoms with E-state index >= 15 is 0 Å².